The van der Waals surface area contributed by atoms with Crippen LogP contribution in [0.25, 0.3) is 0 Å². The van der Waals surface area contributed by atoms with Gasteiger partial charge in [-0.15, -0.1) is 0 Å². The van der Waals surface area contributed by atoms with Crippen molar-refractivity contribution < 1.29 is 28.4 Å². The summed E-state index contributed by atoms with van der Waals surface area (Å²) in [5.74, 6) is -0.209. The lowest BCUT2D eigenvalue weighted by molar-refractivity contribution is -0.123. The van der Waals surface area contributed by atoms with Crippen LogP contribution in [0.2, 0.25) is 0 Å². The fourth-order valence-electron chi connectivity index (χ4n) is 6.14. The van der Waals surface area contributed by atoms with Gasteiger partial charge in [0.1, 0.15) is 0 Å². The van der Waals surface area contributed by atoms with Gasteiger partial charge in [-0.1, -0.05) is 172 Å². The van der Waals surface area contributed by atoms with Crippen LogP contribution in [0, 0.1) is 0 Å². The summed E-state index contributed by atoms with van der Waals surface area (Å²) < 4.78 is 22.1. The van der Waals surface area contributed by atoms with Crippen molar-refractivity contribution in [2.45, 2.75) is 212 Å². The third kappa shape index (κ3) is 37.1. The predicted octanol–water partition coefficient (Wildman–Crippen LogP) is 11.9. The third-order valence-corrected chi connectivity index (χ3v) is 10.4. The smallest absolute Gasteiger partial charge is 0.387 e. The van der Waals surface area contributed by atoms with Gasteiger partial charge >= 0.3 is 7.82 Å². The molecule has 1 amide bonds. The zero-order valence-corrected chi connectivity index (χ0v) is 34.7. The molecule has 0 aromatic rings. The van der Waals surface area contributed by atoms with Crippen molar-refractivity contribution in [1.29, 1.82) is 0 Å². The molecule has 52 heavy (non-hydrogen) atoms. The highest BCUT2D eigenvalue weighted by molar-refractivity contribution is 7.47. The monoisotopic (exact) mass is 755 g/mol. The average molecular weight is 755 g/mol. The Balaban J connectivity index is 4.28. The summed E-state index contributed by atoms with van der Waals surface area (Å²) in [6.07, 6.45) is 46.2. The van der Waals surface area contributed by atoms with Crippen molar-refractivity contribution >= 4 is 13.7 Å². The van der Waals surface area contributed by atoms with Gasteiger partial charge in [-0.3, -0.25) is 13.8 Å². The van der Waals surface area contributed by atoms with Crippen LogP contribution in [0.5, 0.6) is 0 Å². The molecule has 0 aromatic carbocycles. The van der Waals surface area contributed by atoms with E-state index in [0.29, 0.717) is 6.42 Å². The number of phosphoric ester groups is 1. The molecule has 8 nitrogen and oxygen atoms in total. The van der Waals surface area contributed by atoms with Gasteiger partial charge in [0.05, 0.1) is 25.4 Å². The lowest BCUT2D eigenvalue weighted by Gasteiger charge is -2.23. The number of phosphoric acid groups is 1. The van der Waals surface area contributed by atoms with Gasteiger partial charge < -0.3 is 21.1 Å². The van der Waals surface area contributed by atoms with E-state index in [1.54, 1.807) is 6.08 Å². The summed E-state index contributed by atoms with van der Waals surface area (Å²) in [5, 5.41) is 13.6. The van der Waals surface area contributed by atoms with Crippen molar-refractivity contribution in [2.75, 3.05) is 19.8 Å². The number of rotatable bonds is 40. The molecule has 0 heterocycles. The molecular formula is C43H83N2O6P. The zero-order valence-electron chi connectivity index (χ0n) is 33.8. The first kappa shape index (κ1) is 50.7. The van der Waals surface area contributed by atoms with Crippen molar-refractivity contribution in [3.8, 4) is 0 Å². The van der Waals surface area contributed by atoms with E-state index >= 15 is 0 Å². The molecule has 5 N–H and O–H groups in total. The zero-order chi connectivity index (χ0) is 38.2. The molecule has 9 heteroatoms. The van der Waals surface area contributed by atoms with Crippen LogP contribution in [0.3, 0.4) is 0 Å². The number of hydrogen-bond acceptors (Lipinski definition) is 6. The van der Waals surface area contributed by atoms with E-state index in [-0.39, 0.29) is 25.7 Å². The molecule has 0 aliphatic heterocycles. The summed E-state index contributed by atoms with van der Waals surface area (Å²) in [5.41, 5.74) is 5.37. The van der Waals surface area contributed by atoms with Crippen molar-refractivity contribution in [2.24, 2.45) is 5.73 Å². The fraction of sp³-hybridized carbons (Fsp3) is 0.837. The van der Waals surface area contributed by atoms with Gasteiger partial charge in [0.25, 0.3) is 0 Å². The van der Waals surface area contributed by atoms with Gasteiger partial charge in [-0.2, -0.15) is 0 Å². The van der Waals surface area contributed by atoms with Gasteiger partial charge in [0.15, 0.2) is 0 Å². The highest BCUT2D eigenvalue weighted by atomic mass is 31.2. The number of nitrogens with two attached hydrogens (primary N) is 1. The average Bonchev–Trinajstić information content (AvgIpc) is 3.13. The van der Waals surface area contributed by atoms with Crippen LogP contribution in [0.15, 0.2) is 36.5 Å². The van der Waals surface area contributed by atoms with Crippen LogP contribution >= 0.6 is 7.82 Å². The lowest BCUT2D eigenvalue weighted by Crippen LogP contribution is -2.45. The molecule has 3 atom stereocenters. The highest BCUT2D eigenvalue weighted by Crippen LogP contribution is 2.43. The Bertz CT molecular complexity index is 912. The molecule has 0 aliphatic rings. The van der Waals surface area contributed by atoms with Crippen LogP contribution in [-0.2, 0) is 18.4 Å². The molecule has 0 rings (SSSR count). The Hall–Kier alpha value is -1.28. The Morgan fingerprint density at radius 2 is 1.02 bits per heavy atom. The second kappa shape index (κ2) is 39.4. The number of amides is 1. The van der Waals surface area contributed by atoms with Gasteiger partial charge in [-0.05, 0) is 57.8 Å². The molecule has 3 unspecified atom stereocenters. The van der Waals surface area contributed by atoms with Crippen LogP contribution in [-0.4, -0.2) is 47.8 Å². The highest BCUT2D eigenvalue weighted by Gasteiger charge is 2.26. The maximum absolute atomic E-state index is 12.7. The van der Waals surface area contributed by atoms with E-state index in [1.807, 2.05) is 6.08 Å². The number of allylic oxidation sites excluding steroid dienone is 5. The topological polar surface area (TPSA) is 131 Å². The second-order valence-corrected chi connectivity index (χ2v) is 16.0. The quantitative estimate of drug-likeness (QED) is 0.0278. The summed E-state index contributed by atoms with van der Waals surface area (Å²) in [7, 11) is -4.35. The Labute approximate surface area is 320 Å². The molecule has 0 radical (unpaired) electrons. The summed E-state index contributed by atoms with van der Waals surface area (Å²) in [6, 6.07) is -0.877. The molecule has 0 fully saturated rings. The van der Waals surface area contributed by atoms with Crippen molar-refractivity contribution in [1.82, 2.24) is 5.32 Å². The molecule has 0 spiro atoms. The number of unbranched alkanes of at least 4 members (excludes halogenated alkanes) is 24. The number of carbonyl (C=O) groups is 1. The molecule has 0 bridgehead atoms. The number of aliphatic hydroxyl groups is 1. The molecular weight excluding hydrogens is 671 g/mol. The predicted molar refractivity (Wildman–Crippen MR) is 221 cm³/mol. The van der Waals surface area contributed by atoms with Gasteiger partial charge in [0.2, 0.25) is 5.91 Å². The largest absolute Gasteiger partial charge is 0.472 e. The normalized spacial score (nSPS) is 14.5. The molecule has 0 saturated carbocycles. The Morgan fingerprint density at radius 3 is 1.48 bits per heavy atom. The number of carbonyl (C=O) groups excluding carboxylic acids is 1. The minimum Gasteiger partial charge on any atom is -0.387 e. The first-order valence-corrected chi connectivity index (χ1v) is 23.1. The maximum Gasteiger partial charge on any atom is 0.472 e. The summed E-state index contributed by atoms with van der Waals surface area (Å²) in [6.45, 7) is 4.11. The third-order valence-electron chi connectivity index (χ3n) is 9.44. The summed E-state index contributed by atoms with van der Waals surface area (Å²) >= 11 is 0. The maximum atomic E-state index is 12.7. The first-order valence-electron chi connectivity index (χ1n) is 21.6. The number of nitrogens with one attached hydrogen (secondary N) is 1. The first-order chi connectivity index (χ1) is 25.4. The van der Waals surface area contributed by atoms with Crippen molar-refractivity contribution in [3.05, 3.63) is 36.5 Å². The fourth-order valence-corrected chi connectivity index (χ4v) is 6.90. The molecule has 0 aromatic heterocycles. The standard InChI is InChI=1S/C43H83N2O6P/c1-3-5-7-9-11-13-15-17-19-21-23-25-27-29-31-33-35-37-43(47)45-41(40-51-52(48,49)50-39-38-44)42(46)36-34-32-30-28-26-24-22-20-18-16-14-12-10-8-6-4-2/h17,19,26,28,34,36,41-42,46H,3-16,18,20-25,27,29-33,35,37-40,44H2,1-2H3,(H,45,47)(H,48,49)/b19-17-,28-26+,36-34+. The lowest BCUT2D eigenvalue weighted by atomic mass is 10.1. The van der Waals surface area contributed by atoms with Crippen molar-refractivity contribution in [3.63, 3.8) is 0 Å². The number of hydrogen-bond donors (Lipinski definition) is 4. The van der Waals surface area contributed by atoms with E-state index in [2.05, 4.69) is 43.5 Å². The van der Waals surface area contributed by atoms with E-state index < -0.39 is 20.0 Å². The Morgan fingerprint density at radius 1 is 0.615 bits per heavy atom. The van der Waals surface area contributed by atoms with E-state index in [9.17, 15) is 19.4 Å². The second-order valence-electron chi connectivity index (χ2n) is 14.5. The van der Waals surface area contributed by atoms with Crippen LogP contribution in [0.1, 0.15) is 200 Å². The molecule has 306 valence electrons. The molecule has 0 aliphatic carbocycles. The number of aliphatic hydroxyl groups excluding tert-OH is 1. The van der Waals surface area contributed by atoms with E-state index in [1.165, 1.54) is 141 Å². The van der Waals surface area contributed by atoms with E-state index in [0.717, 1.165) is 38.5 Å². The SMILES string of the molecule is CCCCCCCC/C=C\CCCCCCCCCC(=O)NC(COP(=O)(O)OCCN)C(O)/C=C/CC/C=C/CCCCCCCCCCCC. The minimum absolute atomic E-state index is 0.0733. The van der Waals surface area contributed by atoms with Gasteiger partial charge in [0, 0.05) is 13.0 Å². The molecule has 0 saturated heterocycles. The van der Waals surface area contributed by atoms with E-state index in [4.69, 9.17) is 14.8 Å². The van der Waals surface area contributed by atoms with Crippen LogP contribution in [0.4, 0.5) is 0 Å². The van der Waals surface area contributed by atoms with Crippen LogP contribution < -0.4 is 11.1 Å². The van der Waals surface area contributed by atoms with Gasteiger partial charge in [-0.25, -0.2) is 4.57 Å². The summed E-state index contributed by atoms with van der Waals surface area (Å²) in [4.78, 5) is 22.7. The minimum atomic E-state index is -4.35. The Kier molecular flexibility index (Phi) is 38.4.